The predicted octanol–water partition coefficient (Wildman–Crippen LogP) is 3.35. The number of nitrogens with two attached hydrogens (primary N) is 1. The summed E-state index contributed by atoms with van der Waals surface area (Å²) in [4.78, 5) is 4.02. The van der Waals surface area contributed by atoms with Gasteiger partial charge in [-0.05, 0) is 44.7 Å². The quantitative estimate of drug-likeness (QED) is 0.906. The van der Waals surface area contributed by atoms with Crippen molar-refractivity contribution in [3.63, 3.8) is 0 Å². The van der Waals surface area contributed by atoms with Crippen molar-refractivity contribution in [3.05, 3.63) is 47.5 Å². The summed E-state index contributed by atoms with van der Waals surface area (Å²) >= 11 is 0. The molecule has 0 amide bonds. The van der Waals surface area contributed by atoms with Gasteiger partial charge >= 0.3 is 0 Å². The number of rotatable bonds is 5. The minimum atomic E-state index is -1.54. The molecule has 2 aromatic rings. The zero-order valence-electron chi connectivity index (χ0n) is 13.6. The van der Waals surface area contributed by atoms with E-state index in [2.05, 4.69) is 4.98 Å². The second kappa shape index (κ2) is 6.49. The van der Waals surface area contributed by atoms with Crippen molar-refractivity contribution in [1.82, 2.24) is 9.55 Å². The van der Waals surface area contributed by atoms with Crippen LogP contribution < -0.4 is 5.14 Å². The number of hydrogen-bond donors (Lipinski definition) is 1. The summed E-state index contributed by atoms with van der Waals surface area (Å²) < 4.78 is 41.1. The van der Waals surface area contributed by atoms with Gasteiger partial charge in [0, 0.05) is 12.3 Å². The average Bonchev–Trinajstić information content (AvgIpc) is 2.86. The molecule has 0 saturated carbocycles. The number of nitrogens with zero attached hydrogens (tertiary/aromatic N) is 2. The summed E-state index contributed by atoms with van der Waals surface area (Å²) in [6.45, 7) is 7.04. The topological polar surface area (TPSA) is 60.9 Å². The monoisotopic (exact) mass is 341 g/mol. The van der Waals surface area contributed by atoms with Gasteiger partial charge < -0.3 is 4.57 Å². The fourth-order valence-corrected chi connectivity index (χ4v) is 3.02. The van der Waals surface area contributed by atoms with Crippen LogP contribution in [0, 0.1) is 18.6 Å². The van der Waals surface area contributed by atoms with E-state index in [1.54, 1.807) is 33.9 Å². The number of halogens is 2. The highest BCUT2D eigenvalue weighted by molar-refractivity contribution is 7.84. The molecule has 0 aliphatic heterocycles. The van der Waals surface area contributed by atoms with Crippen LogP contribution in [-0.4, -0.2) is 18.5 Å². The first-order chi connectivity index (χ1) is 10.6. The molecule has 4 nitrogen and oxygen atoms in total. The van der Waals surface area contributed by atoms with Crippen molar-refractivity contribution in [2.45, 2.75) is 44.8 Å². The molecule has 2 rings (SSSR count). The van der Waals surface area contributed by atoms with Crippen LogP contribution in [0.2, 0.25) is 0 Å². The van der Waals surface area contributed by atoms with E-state index < -0.39 is 27.4 Å². The van der Waals surface area contributed by atoms with Crippen molar-refractivity contribution in [2.75, 3.05) is 0 Å². The smallest absolute Gasteiger partial charge is 0.147 e. The van der Waals surface area contributed by atoms with E-state index in [9.17, 15) is 13.0 Å². The highest BCUT2D eigenvalue weighted by Gasteiger charge is 2.28. The van der Waals surface area contributed by atoms with Crippen molar-refractivity contribution in [1.29, 1.82) is 0 Å². The Balaban J connectivity index is 2.35. The van der Waals surface area contributed by atoms with Gasteiger partial charge in [-0.1, -0.05) is 6.92 Å². The predicted molar refractivity (Wildman–Crippen MR) is 87.7 cm³/mol. The van der Waals surface area contributed by atoms with Gasteiger partial charge in [-0.3, -0.25) is 5.14 Å². The lowest BCUT2D eigenvalue weighted by atomic mass is 9.91. The number of aromatic nitrogens is 2. The second-order valence-electron chi connectivity index (χ2n) is 6.41. The Morgan fingerprint density at radius 3 is 2.52 bits per heavy atom. The summed E-state index contributed by atoms with van der Waals surface area (Å²) in [6.07, 6.45) is 3.45. The first-order valence-electron chi connectivity index (χ1n) is 7.28. The molecule has 1 aromatic heterocycles. The molecular weight excluding hydrogens is 320 g/mol. The third-order valence-electron chi connectivity index (χ3n) is 3.93. The van der Waals surface area contributed by atoms with Crippen molar-refractivity contribution < 1.29 is 13.0 Å². The molecule has 0 aliphatic carbocycles. The lowest BCUT2D eigenvalue weighted by Gasteiger charge is -2.25. The fraction of sp³-hybridized carbons (Fsp3) is 0.438. The number of aryl methyl sites for hydroxylation is 1. The highest BCUT2D eigenvalue weighted by Crippen LogP contribution is 2.31. The van der Waals surface area contributed by atoms with Gasteiger partial charge in [0.25, 0.3) is 0 Å². The van der Waals surface area contributed by atoms with Crippen LogP contribution in [0.5, 0.6) is 0 Å². The maximum absolute atomic E-state index is 14.4. The molecule has 0 aliphatic rings. The largest absolute Gasteiger partial charge is 0.303 e. The third-order valence-corrected chi connectivity index (χ3v) is 5.19. The Bertz CT molecular complexity index is 743. The lowest BCUT2D eigenvalue weighted by molar-refractivity contribution is 0.509. The van der Waals surface area contributed by atoms with Crippen molar-refractivity contribution in [3.8, 4) is 5.69 Å². The molecule has 2 N–H and O–H groups in total. The first kappa shape index (κ1) is 17.7. The third kappa shape index (κ3) is 3.84. The van der Waals surface area contributed by atoms with Crippen LogP contribution in [0.4, 0.5) is 8.78 Å². The van der Waals surface area contributed by atoms with E-state index in [-0.39, 0.29) is 17.2 Å². The van der Waals surface area contributed by atoms with Crippen LogP contribution in [-0.2, 0) is 11.0 Å². The van der Waals surface area contributed by atoms with Crippen molar-refractivity contribution >= 4 is 11.0 Å². The number of hydrogen-bond acceptors (Lipinski definition) is 2. The van der Waals surface area contributed by atoms with Crippen LogP contribution in [0.25, 0.3) is 5.69 Å². The average molecular weight is 341 g/mol. The molecule has 23 heavy (non-hydrogen) atoms. The zero-order chi connectivity index (χ0) is 17.4. The van der Waals surface area contributed by atoms with Crippen LogP contribution >= 0.6 is 0 Å². The lowest BCUT2D eigenvalue weighted by Crippen LogP contribution is -2.33. The number of imidazole rings is 1. The molecule has 126 valence electrons. The van der Waals surface area contributed by atoms with Gasteiger partial charge in [-0.25, -0.2) is 18.0 Å². The van der Waals surface area contributed by atoms with Gasteiger partial charge in [-0.15, -0.1) is 0 Å². The molecule has 1 heterocycles. The Labute approximate surface area is 137 Å². The SMILES string of the molecule is Cc1cn(-c2cc(F)c([C@@H](C)CC(C)(C)S(N)=O)cc2F)cn1. The Kier molecular flexibility index (Phi) is 5.01. The summed E-state index contributed by atoms with van der Waals surface area (Å²) in [5, 5.41) is 5.46. The maximum atomic E-state index is 14.4. The van der Waals surface area contributed by atoms with Crippen LogP contribution in [0.3, 0.4) is 0 Å². The van der Waals surface area contributed by atoms with Gasteiger partial charge in [0.1, 0.15) is 11.6 Å². The van der Waals surface area contributed by atoms with E-state index in [0.29, 0.717) is 6.42 Å². The molecule has 0 fully saturated rings. The van der Waals surface area contributed by atoms with E-state index in [1.165, 1.54) is 17.0 Å². The minimum Gasteiger partial charge on any atom is -0.303 e. The summed E-state index contributed by atoms with van der Waals surface area (Å²) in [6, 6.07) is 2.36. The van der Waals surface area contributed by atoms with E-state index in [4.69, 9.17) is 5.14 Å². The fourth-order valence-electron chi connectivity index (χ4n) is 2.61. The Morgan fingerprint density at radius 1 is 1.35 bits per heavy atom. The molecule has 0 bridgehead atoms. The molecule has 0 radical (unpaired) electrons. The molecule has 0 spiro atoms. The maximum Gasteiger partial charge on any atom is 0.147 e. The van der Waals surface area contributed by atoms with Gasteiger partial charge in [0.2, 0.25) is 0 Å². The van der Waals surface area contributed by atoms with Crippen molar-refractivity contribution in [2.24, 2.45) is 5.14 Å². The summed E-state index contributed by atoms with van der Waals surface area (Å²) in [7, 11) is -1.54. The van der Waals surface area contributed by atoms with Crippen LogP contribution in [0.1, 0.15) is 44.4 Å². The summed E-state index contributed by atoms with van der Waals surface area (Å²) in [5.74, 6) is -1.35. The van der Waals surface area contributed by atoms with E-state index in [1.807, 2.05) is 0 Å². The summed E-state index contributed by atoms with van der Waals surface area (Å²) in [5.41, 5.74) is 1.08. The molecule has 0 saturated heterocycles. The Hall–Kier alpha value is -1.60. The normalized spacial score (nSPS) is 14.7. The minimum absolute atomic E-state index is 0.112. The first-order valence-corrected chi connectivity index (χ1v) is 8.49. The van der Waals surface area contributed by atoms with E-state index in [0.717, 1.165) is 11.8 Å². The molecular formula is C16H21F2N3OS. The zero-order valence-corrected chi connectivity index (χ0v) is 14.5. The Morgan fingerprint density at radius 2 is 2.00 bits per heavy atom. The number of benzene rings is 1. The second-order valence-corrected chi connectivity index (χ2v) is 8.11. The molecule has 7 heteroatoms. The van der Waals surface area contributed by atoms with Gasteiger partial charge in [0.05, 0.1) is 33.4 Å². The standard InChI is InChI=1S/C16H21F2N3OS/c1-10(7-16(3,4)23(19)22)12-5-14(18)15(6-13(12)17)21-8-11(2)20-9-21/h5-6,8-10H,7,19H2,1-4H3/t10-,23?/m0/s1. The highest BCUT2D eigenvalue weighted by atomic mass is 32.2. The molecule has 1 unspecified atom stereocenters. The van der Waals surface area contributed by atoms with Gasteiger partial charge in [-0.2, -0.15) is 0 Å². The van der Waals surface area contributed by atoms with E-state index >= 15 is 0 Å². The van der Waals surface area contributed by atoms with Gasteiger partial charge in [0.15, 0.2) is 0 Å². The van der Waals surface area contributed by atoms with Crippen LogP contribution in [0.15, 0.2) is 24.7 Å². The molecule has 1 aromatic carbocycles. The molecule has 2 atom stereocenters.